The lowest BCUT2D eigenvalue weighted by molar-refractivity contribution is -0.145. The molecule has 2 rings (SSSR count). The number of carbonyl (C=O) groups excluding carboxylic acids is 1. The van der Waals surface area contributed by atoms with E-state index in [0.717, 1.165) is 0 Å². The van der Waals surface area contributed by atoms with E-state index in [1.165, 1.54) is 0 Å². The number of fused-ring (bicyclic) bond motifs is 1. The number of benzene rings is 1. The number of nitrogens with zero attached hydrogens (tertiary/aromatic N) is 2. The van der Waals surface area contributed by atoms with Crippen LogP contribution in [0, 0.1) is 12.5 Å². The Bertz CT molecular complexity index is 719. The topological polar surface area (TPSA) is 75.4 Å². The van der Waals surface area contributed by atoms with E-state index < -0.39 is 12.0 Å². The zero-order valence-corrected chi connectivity index (χ0v) is 13.0. The SMILES string of the molecule is CCOC(=O)C(N=N)c1c(C)nc2ccc(Cl)cc2c1Cl. The Balaban J connectivity index is 2.67. The summed E-state index contributed by atoms with van der Waals surface area (Å²) in [6, 6.07) is 4.01. The molecule has 0 amide bonds. The van der Waals surface area contributed by atoms with Crippen molar-refractivity contribution in [2.24, 2.45) is 5.11 Å². The highest BCUT2D eigenvalue weighted by atomic mass is 35.5. The highest BCUT2D eigenvalue weighted by Gasteiger charge is 2.27. The van der Waals surface area contributed by atoms with Crippen molar-refractivity contribution in [2.45, 2.75) is 19.9 Å². The van der Waals surface area contributed by atoms with Gasteiger partial charge in [0.05, 0.1) is 17.1 Å². The van der Waals surface area contributed by atoms with Crippen LogP contribution in [0.1, 0.15) is 24.2 Å². The molecule has 5 nitrogen and oxygen atoms in total. The Morgan fingerprint density at radius 1 is 1.48 bits per heavy atom. The van der Waals surface area contributed by atoms with Gasteiger partial charge in [0.15, 0.2) is 6.04 Å². The molecule has 1 aromatic carbocycles. The molecule has 1 unspecified atom stereocenters. The van der Waals surface area contributed by atoms with Crippen LogP contribution in [0.25, 0.3) is 10.9 Å². The summed E-state index contributed by atoms with van der Waals surface area (Å²) in [6.07, 6.45) is 0. The van der Waals surface area contributed by atoms with Gasteiger partial charge in [-0.15, -0.1) is 0 Å². The Morgan fingerprint density at radius 2 is 2.19 bits per heavy atom. The number of aromatic nitrogens is 1. The van der Waals surface area contributed by atoms with E-state index in [-0.39, 0.29) is 6.61 Å². The van der Waals surface area contributed by atoms with Gasteiger partial charge in [-0.25, -0.2) is 10.3 Å². The first-order valence-electron chi connectivity index (χ1n) is 6.28. The first-order chi connectivity index (χ1) is 9.99. The number of esters is 1. The minimum absolute atomic E-state index is 0.203. The van der Waals surface area contributed by atoms with Gasteiger partial charge in [0.25, 0.3) is 0 Å². The molecule has 0 fully saturated rings. The molecule has 0 saturated heterocycles. The molecular weight excluding hydrogens is 313 g/mol. The summed E-state index contributed by atoms with van der Waals surface area (Å²) in [5, 5.41) is 4.78. The van der Waals surface area contributed by atoms with Gasteiger partial charge < -0.3 is 4.74 Å². The monoisotopic (exact) mass is 325 g/mol. The zero-order chi connectivity index (χ0) is 15.6. The van der Waals surface area contributed by atoms with Gasteiger partial charge in [-0.05, 0) is 32.0 Å². The number of nitrogens with one attached hydrogen (secondary N) is 1. The molecule has 110 valence electrons. The molecule has 1 aromatic heterocycles. The minimum atomic E-state index is -1.12. The summed E-state index contributed by atoms with van der Waals surface area (Å²) in [5.41, 5.74) is 8.83. The van der Waals surface area contributed by atoms with E-state index in [4.69, 9.17) is 33.5 Å². The van der Waals surface area contributed by atoms with Gasteiger partial charge in [-0.3, -0.25) is 4.98 Å². The van der Waals surface area contributed by atoms with E-state index in [0.29, 0.717) is 32.2 Å². The summed E-state index contributed by atoms with van der Waals surface area (Å²) in [5.74, 6) is -0.624. The van der Waals surface area contributed by atoms with E-state index in [1.54, 1.807) is 32.0 Å². The molecule has 21 heavy (non-hydrogen) atoms. The lowest BCUT2D eigenvalue weighted by Gasteiger charge is -2.15. The molecule has 0 radical (unpaired) electrons. The highest BCUT2D eigenvalue weighted by Crippen LogP contribution is 2.35. The van der Waals surface area contributed by atoms with Gasteiger partial charge in [0.1, 0.15) is 0 Å². The third kappa shape index (κ3) is 2.99. The number of rotatable bonds is 4. The lowest BCUT2D eigenvalue weighted by Crippen LogP contribution is -2.16. The first-order valence-corrected chi connectivity index (χ1v) is 7.03. The normalized spacial score (nSPS) is 12.2. The Hall–Kier alpha value is -1.72. The first kappa shape index (κ1) is 15.7. The fourth-order valence-electron chi connectivity index (χ4n) is 2.10. The van der Waals surface area contributed by atoms with Crippen molar-refractivity contribution in [1.82, 2.24) is 4.98 Å². The third-order valence-electron chi connectivity index (χ3n) is 3.02. The van der Waals surface area contributed by atoms with Crippen molar-refractivity contribution in [3.63, 3.8) is 0 Å². The highest BCUT2D eigenvalue weighted by molar-refractivity contribution is 6.37. The summed E-state index contributed by atoms with van der Waals surface area (Å²) < 4.78 is 4.93. The van der Waals surface area contributed by atoms with E-state index in [2.05, 4.69) is 10.1 Å². The smallest absolute Gasteiger partial charge is 0.337 e. The maximum absolute atomic E-state index is 11.9. The fourth-order valence-corrected chi connectivity index (χ4v) is 2.66. The maximum atomic E-state index is 11.9. The van der Waals surface area contributed by atoms with E-state index in [1.807, 2.05) is 0 Å². The van der Waals surface area contributed by atoms with Gasteiger partial charge in [0, 0.05) is 21.7 Å². The van der Waals surface area contributed by atoms with Crippen LogP contribution in [0.5, 0.6) is 0 Å². The maximum Gasteiger partial charge on any atom is 0.337 e. The van der Waals surface area contributed by atoms with Gasteiger partial charge >= 0.3 is 5.97 Å². The molecule has 0 spiro atoms. The average molecular weight is 326 g/mol. The average Bonchev–Trinajstić information content (AvgIpc) is 2.44. The Morgan fingerprint density at radius 3 is 2.81 bits per heavy atom. The van der Waals surface area contributed by atoms with Crippen LogP contribution in [-0.2, 0) is 9.53 Å². The zero-order valence-electron chi connectivity index (χ0n) is 11.5. The molecule has 0 saturated carbocycles. The molecule has 1 heterocycles. The lowest BCUT2D eigenvalue weighted by atomic mass is 10.0. The quantitative estimate of drug-likeness (QED) is 0.664. The van der Waals surface area contributed by atoms with E-state index >= 15 is 0 Å². The number of ether oxygens (including phenoxy) is 1. The summed E-state index contributed by atoms with van der Waals surface area (Å²) >= 11 is 12.4. The van der Waals surface area contributed by atoms with Crippen LogP contribution in [0.4, 0.5) is 0 Å². The molecule has 7 heteroatoms. The number of pyridine rings is 1. The van der Waals surface area contributed by atoms with Crippen LogP contribution in [0.3, 0.4) is 0 Å². The van der Waals surface area contributed by atoms with Crippen molar-refractivity contribution in [1.29, 1.82) is 5.53 Å². The standard InChI is InChI=1S/C14H13Cl2N3O2/c1-3-21-14(20)13(19-17)11-7(2)18-10-5-4-8(15)6-9(10)12(11)16/h4-6,13,17H,3H2,1-2H3. The van der Waals surface area contributed by atoms with Crippen molar-refractivity contribution in [3.05, 3.63) is 39.5 Å². The predicted molar refractivity (Wildman–Crippen MR) is 81.0 cm³/mol. The molecule has 0 aliphatic rings. The van der Waals surface area contributed by atoms with Crippen molar-refractivity contribution >= 4 is 40.1 Å². The number of hydrogen-bond acceptors (Lipinski definition) is 5. The molecule has 0 bridgehead atoms. The predicted octanol–water partition coefficient (Wildman–Crippen LogP) is 4.49. The van der Waals surface area contributed by atoms with Crippen molar-refractivity contribution < 1.29 is 9.53 Å². The molecule has 1 atom stereocenters. The number of aryl methyl sites for hydroxylation is 1. The third-order valence-corrected chi connectivity index (χ3v) is 3.66. The Kier molecular flexibility index (Phi) is 4.75. The number of halogens is 2. The van der Waals surface area contributed by atoms with Gasteiger partial charge in [-0.2, -0.15) is 5.11 Å². The summed E-state index contributed by atoms with van der Waals surface area (Å²) in [4.78, 5) is 16.3. The summed E-state index contributed by atoms with van der Waals surface area (Å²) in [7, 11) is 0. The fraction of sp³-hybridized carbons (Fsp3) is 0.286. The molecule has 0 aliphatic heterocycles. The largest absolute Gasteiger partial charge is 0.464 e. The molecule has 1 N–H and O–H groups in total. The second-order valence-corrected chi connectivity index (χ2v) is 5.18. The second kappa shape index (κ2) is 6.37. The van der Waals surface area contributed by atoms with Crippen LogP contribution >= 0.6 is 23.2 Å². The molecular formula is C14H13Cl2N3O2. The minimum Gasteiger partial charge on any atom is -0.464 e. The van der Waals surface area contributed by atoms with Crippen LogP contribution in [0.15, 0.2) is 23.3 Å². The van der Waals surface area contributed by atoms with Crippen molar-refractivity contribution in [2.75, 3.05) is 6.61 Å². The summed E-state index contributed by atoms with van der Waals surface area (Å²) in [6.45, 7) is 3.60. The van der Waals surface area contributed by atoms with E-state index in [9.17, 15) is 4.79 Å². The van der Waals surface area contributed by atoms with Crippen molar-refractivity contribution in [3.8, 4) is 0 Å². The second-order valence-electron chi connectivity index (χ2n) is 4.37. The molecule has 0 aliphatic carbocycles. The van der Waals surface area contributed by atoms with Crippen LogP contribution < -0.4 is 0 Å². The number of carbonyl (C=O) groups is 1. The van der Waals surface area contributed by atoms with Crippen LogP contribution in [-0.4, -0.2) is 17.6 Å². The van der Waals surface area contributed by atoms with Crippen LogP contribution in [0.2, 0.25) is 10.0 Å². The van der Waals surface area contributed by atoms with Gasteiger partial charge in [0.2, 0.25) is 0 Å². The van der Waals surface area contributed by atoms with Gasteiger partial charge in [-0.1, -0.05) is 23.2 Å². The number of hydrogen-bond donors (Lipinski definition) is 1. The molecule has 2 aromatic rings. The Labute approximate surface area is 131 Å².